The van der Waals surface area contributed by atoms with Crippen LogP contribution < -0.4 is 10.5 Å². The van der Waals surface area contributed by atoms with E-state index in [9.17, 15) is 8.42 Å². The number of nitrogens with two attached hydrogens (primary N) is 1. The highest BCUT2D eigenvalue weighted by molar-refractivity contribution is 7.91. The van der Waals surface area contributed by atoms with Gasteiger partial charge in [0.2, 0.25) is 10.0 Å². The Bertz CT molecular complexity index is 452. The summed E-state index contributed by atoms with van der Waals surface area (Å²) < 4.78 is 26.9. The Morgan fingerprint density at radius 1 is 1.41 bits per heavy atom. The topological polar surface area (TPSA) is 72.2 Å². The van der Waals surface area contributed by atoms with Gasteiger partial charge in [-0.3, -0.25) is 0 Å². The molecule has 1 unspecified atom stereocenters. The van der Waals surface area contributed by atoms with Gasteiger partial charge >= 0.3 is 0 Å². The van der Waals surface area contributed by atoms with Gasteiger partial charge < -0.3 is 5.73 Å². The molecule has 17 heavy (non-hydrogen) atoms. The molecule has 98 valence electrons. The molecule has 0 amide bonds. The summed E-state index contributed by atoms with van der Waals surface area (Å²) in [6, 6.07) is 1.63. The minimum atomic E-state index is -3.37. The van der Waals surface area contributed by atoms with Crippen LogP contribution in [0.15, 0.2) is 15.7 Å². The summed E-state index contributed by atoms with van der Waals surface area (Å²) in [5.41, 5.74) is 6.31. The summed E-state index contributed by atoms with van der Waals surface area (Å²) in [6.45, 7) is 7.03. The fraction of sp³-hybridized carbons (Fsp3) is 0.636. The number of hydrogen-bond acceptors (Lipinski definition) is 4. The van der Waals surface area contributed by atoms with Gasteiger partial charge in [0.05, 0.1) is 0 Å². The fourth-order valence-corrected chi connectivity index (χ4v) is 3.56. The average molecular weight is 276 g/mol. The molecule has 0 aliphatic heterocycles. The maximum absolute atomic E-state index is 11.9. The normalized spacial score (nSPS) is 14.2. The molecule has 0 bridgehead atoms. The van der Waals surface area contributed by atoms with Crippen LogP contribution in [0, 0.1) is 11.8 Å². The molecular weight excluding hydrogens is 256 g/mol. The molecule has 4 nitrogen and oxygen atoms in total. The third kappa shape index (κ3) is 4.06. The van der Waals surface area contributed by atoms with Crippen molar-refractivity contribution < 1.29 is 8.42 Å². The van der Waals surface area contributed by atoms with Crippen LogP contribution in [0.2, 0.25) is 0 Å². The zero-order chi connectivity index (χ0) is 13.1. The van der Waals surface area contributed by atoms with Crippen LogP contribution in [0.5, 0.6) is 0 Å². The standard InChI is InChI=1S/C11H20N2O2S2/c1-8(2)9(3)6-13-17(14,15)11-4-10(5-12)7-16-11/h4,7-9,13H,5-6,12H2,1-3H3. The van der Waals surface area contributed by atoms with Crippen molar-refractivity contribution in [2.75, 3.05) is 6.54 Å². The Hall–Kier alpha value is -0.430. The summed E-state index contributed by atoms with van der Waals surface area (Å²) in [5.74, 6) is 0.777. The smallest absolute Gasteiger partial charge is 0.250 e. The number of nitrogens with one attached hydrogen (secondary N) is 1. The number of hydrogen-bond donors (Lipinski definition) is 2. The maximum Gasteiger partial charge on any atom is 0.250 e. The molecule has 6 heteroatoms. The molecule has 0 fully saturated rings. The van der Waals surface area contributed by atoms with Gasteiger partial charge in [-0.1, -0.05) is 20.8 Å². The third-order valence-corrected chi connectivity index (χ3v) is 5.78. The molecule has 0 aliphatic carbocycles. The third-order valence-electron chi connectivity index (χ3n) is 2.86. The average Bonchev–Trinajstić information content (AvgIpc) is 2.75. The van der Waals surface area contributed by atoms with Crippen LogP contribution in [0.4, 0.5) is 0 Å². The number of sulfonamides is 1. The minimum Gasteiger partial charge on any atom is -0.326 e. The fourth-order valence-electron chi connectivity index (χ4n) is 1.15. The van der Waals surface area contributed by atoms with Crippen molar-refractivity contribution in [3.63, 3.8) is 0 Å². The predicted octanol–water partition coefficient (Wildman–Crippen LogP) is 1.78. The van der Waals surface area contributed by atoms with Crippen molar-refractivity contribution in [3.8, 4) is 0 Å². The minimum absolute atomic E-state index is 0.318. The first-order chi connectivity index (χ1) is 7.86. The van der Waals surface area contributed by atoms with Crippen molar-refractivity contribution in [1.82, 2.24) is 4.72 Å². The highest BCUT2D eigenvalue weighted by Gasteiger charge is 2.18. The van der Waals surface area contributed by atoms with E-state index < -0.39 is 10.0 Å². The van der Waals surface area contributed by atoms with Gasteiger partial charge in [0, 0.05) is 13.1 Å². The molecular formula is C11H20N2O2S2. The molecule has 0 radical (unpaired) electrons. The van der Waals surface area contributed by atoms with Gasteiger partial charge in [-0.2, -0.15) is 0 Å². The van der Waals surface area contributed by atoms with Crippen molar-refractivity contribution in [3.05, 3.63) is 17.0 Å². The van der Waals surface area contributed by atoms with E-state index in [0.29, 0.717) is 29.1 Å². The lowest BCUT2D eigenvalue weighted by atomic mass is 9.99. The Kier molecular flexibility index (Phi) is 5.12. The van der Waals surface area contributed by atoms with Gasteiger partial charge in [-0.25, -0.2) is 13.1 Å². The lowest BCUT2D eigenvalue weighted by Gasteiger charge is -2.15. The Labute approximate surface area is 107 Å². The van der Waals surface area contributed by atoms with E-state index in [1.807, 2.05) is 6.92 Å². The van der Waals surface area contributed by atoms with E-state index in [1.165, 1.54) is 11.3 Å². The van der Waals surface area contributed by atoms with Gasteiger partial charge in [0.1, 0.15) is 4.21 Å². The van der Waals surface area contributed by atoms with Crippen LogP contribution in [-0.4, -0.2) is 15.0 Å². The van der Waals surface area contributed by atoms with Gasteiger partial charge in [0.15, 0.2) is 0 Å². The second kappa shape index (κ2) is 5.95. The summed E-state index contributed by atoms with van der Waals surface area (Å²) in [5, 5.41) is 1.78. The largest absolute Gasteiger partial charge is 0.326 e. The second-order valence-corrected chi connectivity index (χ2v) is 7.46. The molecule has 0 saturated heterocycles. The van der Waals surface area contributed by atoms with Crippen LogP contribution in [-0.2, 0) is 16.6 Å². The van der Waals surface area contributed by atoms with Crippen molar-refractivity contribution in [1.29, 1.82) is 0 Å². The molecule has 1 aromatic heterocycles. The first kappa shape index (κ1) is 14.6. The van der Waals surface area contributed by atoms with Crippen LogP contribution >= 0.6 is 11.3 Å². The molecule has 0 aliphatic rings. The molecule has 1 atom stereocenters. The van der Waals surface area contributed by atoms with Crippen molar-refractivity contribution >= 4 is 21.4 Å². The van der Waals surface area contributed by atoms with Crippen LogP contribution in [0.1, 0.15) is 26.3 Å². The van der Waals surface area contributed by atoms with E-state index in [1.54, 1.807) is 11.4 Å². The van der Waals surface area contributed by atoms with Crippen molar-refractivity contribution in [2.24, 2.45) is 17.6 Å². The highest BCUT2D eigenvalue weighted by atomic mass is 32.2. The predicted molar refractivity (Wildman–Crippen MR) is 71.4 cm³/mol. The first-order valence-electron chi connectivity index (χ1n) is 5.64. The lowest BCUT2D eigenvalue weighted by Crippen LogP contribution is -2.29. The van der Waals surface area contributed by atoms with Crippen molar-refractivity contribution in [2.45, 2.75) is 31.5 Å². The SMILES string of the molecule is CC(C)C(C)CNS(=O)(=O)c1cc(CN)cs1. The molecule has 1 heterocycles. The molecule has 3 N–H and O–H groups in total. The van der Waals surface area contributed by atoms with Crippen LogP contribution in [0.3, 0.4) is 0 Å². The number of rotatable bonds is 6. The van der Waals surface area contributed by atoms with Gasteiger partial charge in [0.25, 0.3) is 0 Å². The zero-order valence-electron chi connectivity index (χ0n) is 10.4. The Morgan fingerprint density at radius 2 is 2.06 bits per heavy atom. The van der Waals surface area contributed by atoms with Gasteiger partial charge in [-0.15, -0.1) is 11.3 Å². The highest BCUT2D eigenvalue weighted by Crippen LogP contribution is 2.20. The summed E-state index contributed by atoms with van der Waals surface area (Å²) in [6.07, 6.45) is 0. The Morgan fingerprint density at radius 3 is 2.53 bits per heavy atom. The summed E-state index contributed by atoms with van der Waals surface area (Å²) >= 11 is 1.21. The molecule has 1 rings (SSSR count). The molecule has 0 saturated carbocycles. The lowest BCUT2D eigenvalue weighted by molar-refractivity contribution is 0.415. The Balaban J connectivity index is 2.69. The van der Waals surface area contributed by atoms with Crippen LogP contribution in [0.25, 0.3) is 0 Å². The summed E-state index contributed by atoms with van der Waals surface area (Å²) in [7, 11) is -3.37. The second-order valence-electron chi connectivity index (χ2n) is 4.55. The van der Waals surface area contributed by atoms with E-state index in [0.717, 1.165) is 5.56 Å². The van der Waals surface area contributed by atoms with E-state index in [4.69, 9.17) is 5.73 Å². The monoisotopic (exact) mass is 276 g/mol. The summed E-state index contributed by atoms with van der Waals surface area (Å²) in [4.78, 5) is 0. The molecule has 1 aromatic rings. The maximum atomic E-state index is 11.9. The van der Waals surface area contributed by atoms with Gasteiger partial charge in [-0.05, 0) is 28.8 Å². The zero-order valence-corrected chi connectivity index (χ0v) is 12.1. The molecule has 0 spiro atoms. The first-order valence-corrected chi connectivity index (χ1v) is 8.00. The number of thiophene rings is 1. The molecule has 0 aromatic carbocycles. The van der Waals surface area contributed by atoms with E-state index >= 15 is 0 Å². The van der Waals surface area contributed by atoms with E-state index in [-0.39, 0.29) is 0 Å². The van der Waals surface area contributed by atoms with E-state index in [2.05, 4.69) is 18.6 Å². The quantitative estimate of drug-likeness (QED) is 0.832.